The van der Waals surface area contributed by atoms with E-state index in [1.807, 2.05) is 0 Å². The van der Waals surface area contributed by atoms with Gasteiger partial charge in [0.2, 0.25) is 0 Å². The Hall–Kier alpha value is -0.760. The molecule has 0 bridgehead atoms. The van der Waals surface area contributed by atoms with E-state index in [1.54, 1.807) is 0 Å². The fourth-order valence-electron chi connectivity index (χ4n) is 9.04. The van der Waals surface area contributed by atoms with E-state index in [4.69, 9.17) is 28.4 Å². The minimum absolute atomic E-state index is 0.0265. The lowest BCUT2D eigenvalue weighted by atomic mass is 9.72. The molecule has 0 spiro atoms. The summed E-state index contributed by atoms with van der Waals surface area (Å²) in [5, 5.41) is 136. The molecule has 3 heterocycles. The summed E-state index contributed by atoms with van der Waals surface area (Å²) < 4.78 is 36.3. The summed E-state index contributed by atoms with van der Waals surface area (Å²) in [4.78, 5) is 0. The number of ether oxygens (including phenoxy) is 6. The number of aliphatic hydroxyl groups excluding tert-OH is 13. The standard InChI is InChI=1S/C34H58O19/c1-11-23(39)27(43)30(46)33(49-11)48-10-22-26(42)29(45)31(47)34(53-22)52-21-8-15-18(50-20-5-13(9-35)24(40)28(44)25(20)41)6-14(36)7-19(15)51-32(21)12-2-3-16(37)17(38)4-12/h11-47H,2-10H2,1H3/t11-,12?,13-,14?,15?,16?,17?,18?,19?,20+,21?,22+,23+,24-,25+,26-,27-,28+,29+,30-,31-,32?,33-,34-/m1/s1. The highest BCUT2D eigenvalue weighted by Crippen LogP contribution is 2.45. The fraction of sp³-hybridized carbons (Fsp3) is 1.00. The second-order valence-corrected chi connectivity index (χ2v) is 15.9. The number of aliphatic hydroxyl groups is 13. The molecular formula is C34H58O19. The first-order chi connectivity index (χ1) is 25.1. The summed E-state index contributed by atoms with van der Waals surface area (Å²) >= 11 is 0. The highest BCUT2D eigenvalue weighted by molar-refractivity contribution is 5.01. The second kappa shape index (κ2) is 17.4. The van der Waals surface area contributed by atoms with Gasteiger partial charge >= 0.3 is 0 Å². The number of hydrogen-bond acceptors (Lipinski definition) is 19. The average Bonchev–Trinajstić information content (AvgIpc) is 3.13. The maximum absolute atomic E-state index is 11.1. The molecule has 0 radical (unpaired) electrons. The molecule has 6 fully saturated rings. The van der Waals surface area contributed by atoms with Crippen molar-refractivity contribution in [3.05, 3.63) is 0 Å². The summed E-state index contributed by atoms with van der Waals surface area (Å²) in [5.41, 5.74) is 0. The first-order valence-electron chi connectivity index (χ1n) is 18.8. The van der Waals surface area contributed by atoms with Crippen LogP contribution in [0.4, 0.5) is 0 Å². The van der Waals surface area contributed by atoms with Crippen LogP contribution in [-0.4, -0.2) is 208 Å². The van der Waals surface area contributed by atoms with Gasteiger partial charge in [-0.25, -0.2) is 0 Å². The molecule has 6 aliphatic rings. The molecular weight excluding hydrogens is 712 g/mol. The van der Waals surface area contributed by atoms with Gasteiger partial charge in [-0.2, -0.15) is 0 Å². The largest absolute Gasteiger partial charge is 0.396 e. The van der Waals surface area contributed by atoms with Gasteiger partial charge in [-0.1, -0.05) is 0 Å². The zero-order valence-corrected chi connectivity index (χ0v) is 29.5. The molecule has 19 nitrogen and oxygen atoms in total. The van der Waals surface area contributed by atoms with Crippen LogP contribution < -0.4 is 0 Å². The van der Waals surface area contributed by atoms with Crippen molar-refractivity contribution in [2.75, 3.05) is 13.2 Å². The van der Waals surface area contributed by atoms with Crippen molar-refractivity contribution < 1.29 is 94.8 Å². The van der Waals surface area contributed by atoms with Gasteiger partial charge in [0.25, 0.3) is 0 Å². The molecule has 3 aliphatic heterocycles. The lowest BCUT2D eigenvalue weighted by molar-refractivity contribution is -0.346. The maximum Gasteiger partial charge on any atom is 0.187 e. The van der Waals surface area contributed by atoms with E-state index in [0.29, 0.717) is 6.42 Å². The van der Waals surface area contributed by atoms with Crippen LogP contribution in [0.1, 0.15) is 51.9 Å². The normalized spacial score (nSPS) is 55.4. The lowest BCUT2D eigenvalue weighted by Crippen LogP contribution is -2.63. The summed E-state index contributed by atoms with van der Waals surface area (Å²) in [7, 11) is 0. The molecule has 53 heavy (non-hydrogen) atoms. The Balaban J connectivity index is 1.20. The topological polar surface area (TPSA) is 318 Å². The van der Waals surface area contributed by atoms with Crippen molar-refractivity contribution in [3.8, 4) is 0 Å². The van der Waals surface area contributed by atoms with Gasteiger partial charge in [0.05, 0.1) is 67.6 Å². The van der Waals surface area contributed by atoms with Gasteiger partial charge in [0.1, 0.15) is 54.9 Å². The number of rotatable bonds is 9. The molecule has 19 heteroatoms. The van der Waals surface area contributed by atoms with Gasteiger partial charge in [-0.3, -0.25) is 0 Å². The zero-order chi connectivity index (χ0) is 38.5. The predicted molar refractivity (Wildman–Crippen MR) is 173 cm³/mol. The fourth-order valence-corrected chi connectivity index (χ4v) is 9.04. The zero-order valence-electron chi connectivity index (χ0n) is 29.5. The van der Waals surface area contributed by atoms with Crippen molar-refractivity contribution in [3.63, 3.8) is 0 Å². The van der Waals surface area contributed by atoms with Crippen molar-refractivity contribution in [2.24, 2.45) is 17.8 Å². The third-order valence-corrected chi connectivity index (χ3v) is 12.3. The lowest BCUT2D eigenvalue weighted by Gasteiger charge is -2.52. The third-order valence-electron chi connectivity index (χ3n) is 12.3. The Bertz CT molecular complexity index is 1170. The molecule has 3 saturated heterocycles. The summed E-state index contributed by atoms with van der Waals surface area (Å²) in [5.74, 6) is -1.62. The van der Waals surface area contributed by atoms with Crippen LogP contribution in [0.2, 0.25) is 0 Å². The Morgan fingerprint density at radius 3 is 1.92 bits per heavy atom. The van der Waals surface area contributed by atoms with Crippen molar-refractivity contribution in [1.29, 1.82) is 0 Å². The van der Waals surface area contributed by atoms with E-state index in [-0.39, 0.29) is 44.4 Å². The molecule has 3 aliphatic carbocycles. The van der Waals surface area contributed by atoms with Crippen LogP contribution in [-0.2, 0) is 28.4 Å². The monoisotopic (exact) mass is 770 g/mol. The molecule has 0 aromatic carbocycles. The summed E-state index contributed by atoms with van der Waals surface area (Å²) in [6.07, 6.45) is -25.1. The van der Waals surface area contributed by atoms with E-state index in [2.05, 4.69) is 0 Å². The van der Waals surface area contributed by atoms with Crippen LogP contribution >= 0.6 is 0 Å². The van der Waals surface area contributed by atoms with Gasteiger partial charge in [0.15, 0.2) is 12.6 Å². The maximum atomic E-state index is 11.1. The first kappa shape index (κ1) is 41.9. The Labute approximate surface area is 306 Å². The summed E-state index contributed by atoms with van der Waals surface area (Å²) in [6, 6.07) is 0. The molecule has 308 valence electrons. The second-order valence-electron chi connectivity index (χ2n) is 15.9. The summed E-state index contributed by atoms with van der Waals surface area (Å²) in [6.45, 7) is 0.503. The van der Waals surface area contributed by atoms with Crippen molar-refractivity contribution in [2.45, 2.75) is 180 Å². The Kier molecular flexibility index (Phi) is 13.7. The quantitative estimate of drug-likeness (QED) is 0.104. The highest BCUT2D eigenvalue weighted by atomic mass is 16.7. The number of fused-ring (bicyclic) bond motifs is 1. The van der Waals surface area contributed by atoms with Crippen LogP contribution in [0, 0.1) is 17.8 Å². The minimum atomic E-state index is -1.79. The van der Waals surface area contributed by atoms with Crippen molar-refractivity contribution >= 4 is 0 Å². The average molecular weight is 771 g/mol. The van der Waals surface area contributed by atoms with Crippen molar-refractivity contribution in [1.82, 2.24) is 0 Å². The smallest absolute Gasteiger partial charge is 0.187 e. The minimum Gasteiger partial charge on any atom is -0.396 e. The number of hydrogen-bond donors (Lipinski definition) is 13. The molecule has 0 aromatic rings. The van der Waals surface area contributed by atoms with E-state index < -0.39 is 154 Å². The third kappa shape index (κ3) is 8.74. The van der Waals surface area contributed by atoms with Gasteiger partial charge < -0.3 is 94.8 Å². The molecule has 3 saturated carbocycles. The molecule has 6 rings (SSSR count). The van der Waals surface area contributed by atoms with Gasteiger partial charge in [0, 0.05) is 18.4 Å². The first-order valence-corrected chi connectivity index (χ1v) is 18.8. The van der Waals surface area contributed by atoms with Crippen LogP contribution in [0.5, 0.6) is 0 Å². The van der Waals surface area contributed by atoms with Gasteiger partial charge in [-0.15, -0.1) is 0 Å². The Morgan fingerprint density at radius 2 is 1.23 bits per heavy atom. The SMILES string of the molecule is C[C@H]1O[C@@H](OC[C@@H]2O[C@@H](OC3CC4C(CC(O)CC4O[C@H]4C[C@H](CO)[C@@H](O)[C@H](O)[C@H]4O)OC3C3CCC(O)C(O)C3)[C@H](O)[C@@H](O)[C@@H]2O)[C@H](O)[C@H](O)[C@H]1O. The van der Waals surface area contributed by atoms with Crippen LogP contribution in [0.15, 0.2) is 0 Å². The van der Waals surface area contributed by atoms with E-state index in [0.717, 1.165) is 0 Å². The van der Waals surface area contributed by atoms with Crippen LogP contribution in [0.25, 0.3) is 0 Å². The molecule has 0 amide bonds. The van der Waals surface area contributed by atoms with Gasteiger partial charge in [-0.05, 0) is 57.8 Å². The van der Waals surface area contributed by atoms with E-state index in [1.165, 1.54) is 6.92 Å². The van der Waals surface area contributed by atoms with E-state index in [9.17, 15) is 66.4 Å². The molecule has 0 aromatic heterocycles. The Morgan fingerprint density at radius 1 is 0.547 bits per heavy atom. The predicted octanol–water partition coefficient (Wildman–Crippen LogP) is -5.68. The molecule has 24 atom stereocenters. The molecule has 9 unspecified atom stereocenters. The molecule has 13 N–H and O–H groups in total. The van der Waals surface area contributed by atoms with E-state index >= 15 is 0 Å². The van der Waals surface area contributed by atoms with Crippen LogP contribution in [0.3, 0.4) is 0 Å². The highest BCUT2D eigenvalue weighted by Gasteiger charge is 2.54.